The molecule has 0 saturated heterocycles. The lowest BCUT2D eigenvalue weighted by atomic mass is 9.58. The summed E-state index contributed by atoms with van der Waals surface area (Å²) in [4.78, 5) is 2.66. The second kappa shape index (κ2) is 4.73. The van der Waals surface area contributed by atoms with Gasteiger partial charge in [-0.1, -0.05) is 12.1 Å². The van der Waals surface area contributed by atoms with Gasteiger partial charge in [0.05, 0.1) is 0 Å². The van der Waals surface area contributed by atoms with Crippen molar-refractivity contribution in [3.05, 3.63) is 35.6 Å². The number of rotatable bonds is 4. The molecule has 1 nitrogen and oxygen atoms in total. The Bertz CT molecular complexity index is 642. The van der Waals surface area contributed by atoms with Crippen LogP contribution in [0.5, 0.6) is 0 Å². The predicted octanol–water partition coefficient (Wildman–Crippen LogP) is 3.87. The summed E-state index contributed by atoms with van der Waals surface area (Å²) in [6.07, 6.45) is 4.14. The van der Waals surface area contributed by atoms with E-state index in [4.69, 9.17) is 0 Å². The molecule has 0 amide bonds. The van der Waals surface area contributed by atoms with Crippen LogP contribution in [0.2, 0.25) is 0 Å². The molecule has 5 fully saturated rings. The number of hydrogen-bond donors (Lipinski definition) is 0. The summed E-state index contributed by atoms with van der Waals surface area (Å²) in [5.74, 6) is 8.60. The van der Waals surface area contributed by atoms with Gasteiger partial charge in [0.25, 0.3) is 0 Å². The molecule has 1 aromatic rings. The van der Waals surface area contributed by atoms with Crippen molar-refractivity contribution in [3.63, 3.8) is 0 Å². The normalized spacial score (nSPS) is 49.8. The fraction of sp³-hybridized carbons (Fsp3) is 0.700. The molecule has 5 aliphatic carbocycles. The zero-order valence-corrected chi connectivity index (χ0v) is 14.4. The van der Waals surface area contributed by atoms with E-state index in [2.05, 4.69) is 18.0 Å². The van der Waals surface area contributed by atoms with Gasteiger partial charge in [0, 0.05) is 12.6 Å². The van der Waals surface area contributed by atoms with Crippen molar-refractivity contribution in [1.29, 1.82) is 0 Å². The van der Waals surface area contributed by atoms with Gasteiger partial charge in [-0.15, -0.1) is 12.4 Å². The van der Waals surface area contributed by atoms with Crippen molar-refractivity contribution in [3.8, 4) is 0 Å². The monoisotopic (exact) mass is 333 g/mol. The number of fused-ring (bicyclic) bond motifs is 2. The average Bonchev–Trinajstić information content (AvgIpc) is 3.04. The average molecular weight is 334 g/mol. The van der Waals surface area contributed by atoms with E-state index in [0.717, 1.165) is 71.9 Å². The topological polar surface area (TPSA) is 3.24 Å². The Labute approximate surface area is 144 Å². The van der Waals surface area contributed by atoms with Crippen molar-refractivity contribution in [1.82, 2.24) is 4.90 Å². The molecule has 0 heterocycles. The van der Waals surface area contributed by atoms with Crippen LogP contribution < -0.4 is 0 Å². The Kier molecular flexibility index (Phi) is 3.03. The first kappa shape index (κ1) is 14.7. The van der Waals surface area contributed by atoms with Gasteiger partial charge in [-0.05, 0) is 91.3 Å². The first-order valence-electron chi connectivity index (χ1n) is 9.19. The Hall–Kier alpha value is -0.600. The summed E-state index contributed by atoms with van der Waals surface area (Å²) in [5.41, 5.74) is 1.15. The molecule has 0 unspecified atom stereocenters. The molecular formula is C20H25ClFN. The summed E-state index contributed by atoms with van der Waals surface area (Å²) in [5, 5.41) is 0. The third-order valence-electron chi connectivity index (χ3n) is 8.43. The van der Waals surface area contributed by atoms with Crippen LogP contribution in [-0.2, 0) is 6.42 Å². The summed E-state index contributed by atoms with van der Waals surface area (Å²) in [6.45, 7) is 1.09. The van der Waals surface area contributed by atoms with Crippen molar-refractivity contribution < 1.29 is 4.39 Å². The third-order valence-corrected chi connectivity index (χ3v) is 8.43. The molecular weight excluding hydrogens is 309 g/mol. The second-order valence-electron chi connectivity index (χ2n) is 8.79. The maximum Gasteiger partial charge on any atom is 0.123 e. The van der Waals surface area contributed by atoms with Crippen LogP contribution in [0.4, 0.5) is 4.39 Å². The highest BCUT2D eigenvalue weighted by molar-refractivity contribution is 5.85. The molecule has 6 rings (SSSR count). The number of hydrogen-bond acceptors (Lipinski definition) is 1. The van der Waals surface area contributed by atoms with E-state index in [1.54, 1.807) is 25.0 Å². The minimum atomic E-state index is -0.0965. The minimum Gasteiger partial charge on any atom is -0.302 e. The third kappa shape index (κ3) is 1.63. The summed E-state index contributed by atoms with van der Waals surface area (Å²) < 4.78 is 13.3. The first-order valence-corrected chi connectivity index (χ1v) is 9.19. The molecule has 2 bridgehead atoms. The molecule has 5 saturated carbocycles. The van der Waals surface area contributed by atoms with Crippen LogP contribution in [0, 0.1) is 53.2 Å². The van der Waals surface area contributed by atoms with Gasteiger partial charge in [0.1, 0.15) is 5.82 Å². The summed E-state index contributed by atoms with van der Waals surface area (Å²) >= 11 is 0. The molecule has 0 N–H and O–H groups in total. The van der Waals surface area contributed by atoms with E-state index in [1.165, 1.54) is 0 Å². The molecule has 0 radical (unpaired) electrons. The van der Waals surface area contributed by atoms with Crippen LogP contribution in [0.3, 0.4) is 0 Å². The number of nitrogens with zero attached hydrogens (tertiary/aromatic N) is 1. The van der Waals surface area contributed by atoms with Gasteiger partial charge < -0.3 is 4.90 Å². The van der Waals surface area contributed by atoms with Gasteiger partial charge in [-0.3, -0.25) is 0 Å². The largest absolute Gasteiger partial charge is 0.302 e. The minimum absolute atomic E-state index is 0. The van der Waals surface area contributed by atoms with Gasteiger partial charge in [0.15, 0.2) is 0 Å². The lowest BCUT2D eigenvalue weighted by molar-refractivity contribution is -0.0196. The molecule has 1 aromatic carbocycles. The summed E-state index contributed by atoms with van der Waals surface area (Å²) in [6, 6.07) is 8.01. The lowest BCUT2D eigenvalue weighted by Gasteiger charge is -2.50. The summed E-state index contributed by atoms with van der Waals surface area (Å²) in [7, 11) is 2.34. The Morgan fingerprint density at radius 1 is 1.00 bits per heavy atom. The first-order chi connectivity index (χ1) is 10.7. The fourth-order valence-corrected chi connectivity index (χ4v) is 8.16. The highest BCUT2D eigenvalue weighted by atomic mass is 35.5. The molecule has 5 aliphatic rings. The van der Waals surface area contributed by atoms with Crippen molar-refractivity contribution in [2.45, 2.75) is 25.3 Å². The molecule has 0 spiro atoms. The van der Waals surface area contributed by atoms with Crippen LogP contribution in [0.25, 0.3) is 0 Å². The smallest absolute Gasteiger partial charge is 0.123 e. The lowest BCUT2D eigenvalue weighted by Crippen LogP contribution is -2.52. The van der Waals surface area contributed by atoms with Gasteiger partial charge in [-0.25, -0.2) is 4.39 Å². The van der Waals surface area contributed by atoms with Gasteiger partial charge >= 0.3 is 0 Å². The van der Waals surface area contributed by atoms with E-state index in [-0.39, 0.29) is 18.2 Å². The molecule has 3 heteroatoms. The molecule has 0 aromatic heterocycles. The Balaban J connectivity index is 0.00000121. The fourth-order valence-electron chi connectivity index (χ4n) is 8.16. The van der Waals surface area contributed by atoms with Gasteiger partial charge in [-0.2, -0.15) is 0 Å². The van der Waals surface area contributed by atoms with Crippen LogP contribution in [0.1, 0.15) is 18.4 Å². The molecule has 9 atom stereocenters. The molecule has 23 heavy (non-hydrogen) atoms. The van der Waals surface area contributed by atoms with E-state index in [1.807, 2.05) is 6.07 Å². The molecule has 124 valence electrons. The van der Waals surface area contributed by atoms with E-state index < -0.39 is 0 Å². The van der Waals surface area contributed by atoms with Crippen LogP contribution in [0.15, 0.2) is 24.3 Å². The van der Waals surface area contributed by atoms with Crippen LogP contribution in [-0.4, -0.2) is 24.5 Å². The number of halogens is 2. The molecule has 0 aliphatic heterocycles. The van der Waals surface area contributed by atoms with Gasteiger partial charge in [0.2, 0.25) is 0 Å². The standard InChI is InChI=1S/C20H24FN.ClH/c1-22(6-5-10-3-2-4-11(21)7-10)20-17-13-9-14-16-12(13)8-15(17)18(16)19(14)20;/h2-4,7,12-20H,5-6,8-9H2,1H3;1H/t12-,13-,14+,15+,16+,17-,18-,19-,20-;/m0./s1. The quantitative estimate of drug-likeness (QED) is 0.808. The number of likely N-dealkylation sites (N-methyl/N-ethyl adjacent to an activating group) is 1. The van der Waals surface area contributed by atoms with E-state index >= 15 is 0 Å². The Morgan fingerprint density at radius 2 is 1.74 bits per heavy atom. The van der Waals surface area contributed by atoms with Crippen molar-refractivity contribution >= 4 is 12.4 Å². The van der Waals surface area contributed by atoms with E-state index in [0.29, 0.717) is 0 Å². The maximum absolute atomic E-state index is 13.3. The zero-order valence-electron chi connectivity index (χ0n) is 13.6. The Morgan fingerprint density at radius 3 is 2.52 bits per heavy atom. The predicted molar refractivity (Wildman–Crippen MR) is 90.9 cm³/mol. The van der Waals surface area contributed by atoms with Crippen molar-refractivity contribution in [2.24, 2.45) is 47.3 Å². The SMILES string of the molecule is CN(CCc1cccc(F)c1)[C@H]1[C@H]2[C@H]3C[C@@H]4[C@H]5[C@H]3C[C@H]2[C@@H]5[C@H]41.Cl. The maximum atomic E-state index is 13.3. The van der Waals surface area contributed by atoms with Crippen molar-refractivity contribution in [2.75, 3.05) is 13.6 Å². The highest BCUT2D eigenvalue weighted by Crippen LogP contribution is 2.83. The zero-order chi connectivity index (χ0) is 14.6. The van der Waals surface area contributed by atoms with Crippen LogP contribution >= 0.6 is 12.4 Å². The number of benzene rings is 1. The van der Waals surface area contributed by atoms with E-state index in [9.17, 15) is 4.39 Å². The second-order valence-corrected chi connectivity index (χ2v) is 8.79. The highest BCUT2D eigenvalue weighted by Gasteiger charge is 2.80.